The van der Waals surface area contributed by atoms with Crippen LogP contribution in [0.5, 0.6) is 0 Å². The number of benzene rings is 1. The summed E-state index contributed by atoms with van der Waals surface area (Å²) in [6.07, 6.45) is 2.37. The second kappa shape index (κ2) is 8.78. The lowest BCUT2D eigenvalue weighted by molar-refractivity contribution is -0.135. The number of ether oxygens (including phenoxy) is 1. The van der Waals surface area contributed by atoms with Crippen LogP contribution in [0.2, 0.25) is 0 Å². The number of thiophene rings is 1. The molecule has 0 spiro atoms. The summed E-state index contributed by atoms with van der Waals surface area (Å²) < 4.78 is 5.44. The molecule has 2 saturated heterocycles. The van der Waals surface area contributed by atoms with E-state index < -0.39 is 18.2 Å². The van der Waals surface area contributed by atoms with Crippen molar-refractivity contribution < 1.29 is 19.1 Å². The fourth-order valence-electron chi connectivity index (χ4n) is 4.14. The van der Waals surface area contributed by atoms with E-state index in [0.29, 0.717) is 31.5 Å². The van der Waals surface area contributed by atoms with Gasteiger partial charge in [0.25, 0.3) is 0 Å². The van der Waals surface area contributed by atoms with Crippen LogP contribution >= 0.6 is 11.3 Å². The molecule has 2 atom stereocenters. The molecule has 29 heavy (non-hydrogen) atoms. The second-order valence-corrected chi connectivity index (χ2v) is 8.24. The van der Waals surface area contributed by atoms with Crippen LogP contribution in [0.1, 0.15) is 41.6 Å². The van der Waals surface area contributed by atoms with Crippen LogP contribution in [-0.4, -0.2) is 52.8 Å². The van der Waals surface area contributed by atoms with Gasteiger partial charge < -0.3 is 9.64 Å². The van der Waals surface area contributed by atoms with Gasteiger partial charge in [-0.25, -0.2) is 4.79 Å². The van der Waals surface area contributed by atoms with Crippen LogP contribution < -0.4 is 0 Å². The average Bonchev–Trinajstić information content (AvgIpc) is 3.52. The molecule has 0 bridgehead atoms. The van der Waals surface area contributed by atoms with E-state index >= 15 is 0 Å². The molecule has 0 radical (unpaired) electrons. The number of nitrogens with zero attached hydrogens (tertiary/aromatic N) is 2. The highest BCUT2D eigenvalue weighted by molar-refractivity contribution is 7.08. The second-order valence-electron chi connectivity index (χ2n) is 7.46. The van der Waals surface area contributed by atoms with Crippen molar-refractivity contribution in [2.75, 3.05) is 13.1 Å². The molecule has 0 aliphatic carbocycles. The maximum Gasteiger partial charge on any atom is 0.410 e. The minimum Gasteiger partial charge on any atom is -0.445 e. The number of likely N-dealkylation sites (tertiary alicyclic amines) is 2. The van der Waals surface area contributed by atoms with Crippen molar-refractivity contribution in [3.05, 3.63) is 58.3 Å². The summed E-state index contributed by atoms with van der Waals surface area (Å²) >= 11 is 1.48. The van der Waals surface area contributed by atoms with Gasteiger partial charge in [0.1, 0.15) is 12.6 Å². The molecule has 0 N–H and O–H groups in total. The van der Waals surface area contributed by atoms with E-state index in [1.807, 2.05) is 41.1 Å². The number of hydrogen-bond acceptors (Lipinski definition) is 5. The summed E-state index contributed by atoms with van der Waals surface area (Å²) in [6, 6.07) is 10.3. The third-order valence-corrected chi connectivity index (χ3v) is 6.30. The molecular weight excluding hydrogens is 388 g/mol. The highest BCUT2D eigenvalue weighted by Crippen LogP contribution is 2.27. The molecule has 2 aliphatic heterocycles. The van der Waals surface area contributed by atoms with Crippen molar-refractivity contribution in [2.24, 2.45) is 0 Å². The number of hydrogen-bond donors (Lipinski definition) is 0. The molecule has 2 amide bonds. The predicted molar refractivity (Wildman–Crippen MR) is 110 cm³/mol. The summed E-state index contributed by atoms with van der Waals surface area (Å²) in [4.78, 5) is 41.9. The van der Waals surface area contributed by atoms with Crippen LogP contribution in [0, 0.1) is 0 Å². The van der Waals surface area contributed by atoms with Crippen molar-refractivity contribution in [2.45, 2.75) is 44.4 Å². The fourth-order valence-corrected chi connectivity index (χ4v) is 4.78. The van der Waals surface area contributed by atoms with Gasteiger partial charge in [0, 0.05) is 24.0 Å². The first kappa shape index (κ1) is 19.6. The Bertz CT molecular complexity index is 868. The summed E-state index contributed by atoms with van der Waals surface area (Å²) in [7, 11) is 0. The Morgan fingerprint density at radius 1 is 0.966 bits per heavy atom. The van der Waals surface area contributed by atoms with E-state index in [4.69, 9.17) is 4.74 Å². The zero-order chi connectivity index (χ0) is 20.2. The monoisotopic (exact) mass is 412 g/mol. The Hall–Kier alpha value is -2.67. The summed E-state index contributed by atoms with van der Waals surface area (Å²) in [5.41, 5.74) is 1.56. The molecule has 0 saturated carbocycles. The third kappa shape index (κ3) is 4.19. The molecule has 1 aromatic heterocycles. The van der Waals surface area contributed by atoms with Gasteiger partial charge in [-0.3, -0.25) is 14.5 Å². The molecule has 0 unspecified atom stereocenters. The number of Topliss-reactive ketones (excluding diaryl/α,β-unsaturated/α-hetero) is 1. The average molecular weight is 413 g/mol. The minimum absolute atomic E-state index is 0.00620. The topological polar surface area (TPSA) is 66.9 Å². The van der Waals surface area contributed by atoms with Gasteiger partial charge in [-0.05, 0) is 42.7 Å². The van der Waals surface area contributed by atoms with E-state index in [1.165, 1.54) is 16.2 Å². The predicted octanol–water partition coefficient (Wildman–Crippen LogP) is 3.72. The smallest absolute Gasteiger partial charge is 0.410 e. The van der Waals surface area contributed by atoms with Crippen LogP contribution in [0.25, 0.3) is 0 Å². The first-order valence-electron chi connectivity index (χ1n) is 9.99. The quantitative estimate of drug-likeness (QED) is 0.702. The summed E-state index contributed by atoms with van der Waals surface area (Å²) in [6.45, 7) is 1.24. The van der Waals surface area contributed by atoms with E-state index in [1.54, 1.807) is 11.0 Å². The van der Waals surface area contributed by atoms with E-state index in [0.717, 1.165) is 18.4 Å². The Morgan fingerprint density at radius 3 is 2.41 bits per heavy atom. The number of carbonyl (C=O) groups excluding carboxylic acids is 3. The van der Waals surface area contributed by atoms with E-state index in [2.05, 4.69) is 0 Å². The van der Waals surface area contributed by atoms with Crippen LogP contribution in [0.4, 0.5) is 4.79 Å². The van der Waals surface area contributed by atoms with Gasteiger partial charge in [-0.1, -0.05) is 30.3 Å². The number of rotatable bonds is 5. The molecule has 2 fully saturated rings. The molecule has 2 aliphatic rings. The Kier molecular flexibility index (Phi) is 5.94. The molecule has 7 heteroatoms. The lowest BCUT2D eigenvalue weighted by Gasteiger charge is -2.30. The summed E-state index contributed by atoms with van der Waals surface area (Å²) in [5.74, 6) is -0.140. The van der Waals surface area contributed by atoms with Crippen molar-refractivity contribution >= 4 is 29.1 Å². The Labute approximate surface area is 174 Å². The van der Waals surface area contributed by atoms with Crippen molar-refractivity contribution in [1.29, 1.82) is 0 Å². The molecule has 3 heterocycles. The zero-order valence-electron chi connectivity index (χ0n) is 16.2. The van der Waals surface area contributed by atoms with Crippen molar-refractivity contribution in [3.63, 3.8) is 0 Å². The summed E-state index contributed by atoms with van der Waals surface area (Å²) in [5, 5.41) is 3.70. The highest BCUT2D eigenvalue weighted by atomic mass is 32.1. The molecule has 4 rings (SSSR count). The molecule has 2 aromatic rings. The van der Waals surface area contributed by atoms with Crippen molar-refractivity contribution in [3.8, 4) is 0 Å². The normalized spacial score (nSPS) is 21.4. The van der Waals surface area contributed by atoms with Gasteiger partial charge in [0.15, 0.2) is 5.78 Å². The number of ketones is 1. The van der Waals surface area contributed by atoms with Crippen LogP contribution in [-0.2, 0) is 16.1 Å². The maximum absolute atomic E-state index is 13.2. The Morgan fingerprint density at radius 2 is 1.69 bits per heavy atom. The maximum atomic E-state index is 13.2. The lowest BCUT2D eigenvalue weighted by atomic mass is 10.0. The first-order chi connectivity index (χ1) is 14.1. The van der Waals surface area contributed by atoms with Crippen LogP contribution in [0.15, 0.2) is 47.2 Å². The standard InChI is InChI=1S/C22H24N2O4S/c25-20(17-10-13-29-15-17)18-8-4-11-23(18)21(26)19-9-5-12-24(19)22(27)28-14-16-6-2-1-3-7-16/h1-3,6-7,10,13,15,18-19H,4-5,8-9,11-12,14H2/t18-,19-/m0/s1. The van der Waals surface area contributed by atoms with Gasteiger partial charge >= 0.3 is 6.09 Å². The largest absolute Gasteiger partial charge is 0.445 e. The molecule has 6 nitrogen and oxygen atoms in total. The molecule has 1 aromatic carbocycles. The molecular formula is C22H24N2O4S. The zero-order valence-corrected chi connectivity index (χ0v) is 17.0. The van der Waals surface area contributed by atoms with Gasteiger partial charge in [-0.2, -0.15) is 11.3 Å². The highest BCUT2D eigenvalue weighted by Gasteiger charge is 2.42. The van der Waals surface area contributed by atoms with Gasteiger partial charge in [0.05, 0.1) is 6.04 Å². The molecule has 152 valence electrons. The van der Waals surface area contributed by atoms with E-state index in [9.17, 15) is 14.4 Å². The minimum atomic E-state index is -0.547. The first-order valence-corrected chi connectivity index (χ1v) is 10.9. The van der Waals surface area contributed by atoms with Gasteiger partial charge in [-0.15, -0.1) is 0 Å². The van der Waals surface area contributed by atoms with Crippen molar-refractivity contribution in [1.82, 2.24) is 9.80 Å². The van der Waals surface area contributed by atoms with E-state index in [-0.39, 0.29) is 18.3 Å². The van der Waals surface area contributed by atoms with Gasteiger partial charge in [0.2, 0.25) is 5.91 Å². The lowest BCUT2D eigenvalue weighted by Crippen LogP contribution is -2.51. The Balaban J connectivity index is 1.41. The SMILES string of the molecule is O=C(c1ccsc1)[C@@H]1CCCN1C(=O)[C@@H]1CCCN1C(=O)OCc1ccccc1. The third-order valence-electron chi connectivity index (χ3n) is 5.62. The van der Waals surface area contributed by atoms with Crippen LogP contribution in [0.3, 0.4) is 0 Å². The fraction of sp³-hybridized carbons (Fsp3) is 0.409. The number of amides is 2. The number of carbonyl (C=O) groups is 3.